The molecule has 0 spiro atoms. The molecule has 7 heteroatoms. The average Bonchev–Trinajstić information content (AvgIpc) is 2.51. The van der Waals surface area contributed by atoms with Gasteiger partial charge in [-0.15, -0.1) is 0 Å². The first-order chi connectivity index (χ1) is 10.1. The normalized spacial score (nSPS) is 10.0. The third-order valence-electron chi connectivity index (χ3n) is 2.99. The van der Waals surface area contributed by atoms with E-state index >= 15 is 0 Å². The molecule has 0 atom stereocenters. The fourth-order valence-corrected chi connectivity index (χ4v) is 1.81. The first-order valence-electron chi connectivity index (χ1n) is 6.39. The van der Waals surface area contributed by atoms with Crippen LogP contribution in [0.25, 0.3) is 0 Å². The van der Waals surface area contributed by atoms with E-state index in [1.807, 2.05) is 13.8 Å². The first-order valence-corrected chi connectivity index (χ1v) is 6.39. The summed E-state index contributed by atoms with van der Waals surface area (Å²) in [7, 11) is 0. The molecule has 0 saturated heterocycles. The van der Waals surface area contributed by atoms with E-state index < -0.39 is 5.82 Å². The Hall–Kier alpha value is -2.72. The third kappa shape index (κ3) is 3.07. The number of nitrogens with two attached hydrogens (primary N) is 1. The van der Waals surface area contributed by atoms with Crippen LogP contribution < -0.4 is 16.6 Å². The average molecular weight is 286 g/mol. The minimum absolute atomic E-state index is 0.0282. The van der Waals surface area contributed by atoms with E-state index in [9.17, 15) is 4.39 Å². The summed E-state index contributed by atoms with van der Waals surface area (Å²) in [6.45, 7) is 3.74. The van der Waals surface area contributed by atoms with Crippen molar-refractivity contribution in [3.63, 3.8) is 0 Å². The molecule has 0 aliphatic carbocycles. The van der Waals surface area contributed by atoms with Crippen LogP contribution in [0.1, 0.15) is 23.9 Å². The van der Waals surface area contributed by atoms with Gasteiger partial charge in [0.25, 0.3) is 0 Å². The molecule has 2 aromatic rings. The van der Waals surface area contributed by atoms with E-state index in [0.717, 1.165) is 5.56 Å². The van der Waals surface area contributed by atoms with Gasteiger partial charge in [0, 0.05) is 17.7 Å². The molecule has 0 radical (unpaired) electrons. The van der Waals surface area contributed by atoms with Crippen molar-refractivity contribution in [1.29, 1.82) is 5.26 Å². The Labute approximate surface area is 121 Å². The fraction of sp³-hybridized carbons (Fsp3) is 0.214. The van der Waals surface area contributed by atoms with Crippen LogP contribution in [0.15, 0.2) is 18.2 Å². The van der Waals surface area contributed by atoms with Crippen LogP contribution in [0.3, 0.4) is 0 Å². The number of nitrogens with zero attached hydrogens (tertiary/aromatic N) is 3. The zero-order chi connectivity index (χ0) is 15.4. The SMILES string of the molecule is CCc1nc(NN)c(C)c(Nc2ccc(F)c(C#N)c2)n1. The first kappa shape index (κ1) is 14.7. The summed E-state index contributed by atoms with van der Waals surface area (Å²) in [6, 6.07) is 6.01. The van der Waals surface area contributed by atoms with Crippen LogP contribution in [0.2, 0.25) is 0 Å². The Morgan fingerprint density at radius 3 is 2.67 bits per heavy atom. The number of anilines is 3. The van der Waals surface area contributed by atoms with Gasteiger partial charge in [0.15, 0.2) is 0 Å². The Morgan fingerprint density at radius 2 is 2.05 bits per heavy atom. The molecule has 0 bridgehead atoms. The van der Waals surface area contributed by atoms with Crippen molar-refractivity contribution in [2.45, 2.75) is 20.3 Å². The van der Waals surface area contributed by atoms with Crippen molar-refractivity contribution in [2.75, 3.05) is 10.7 Å². The summed E-state index contributed by atoms with van der Waals surface area (Å²) in [6.07, 6.45) is 0.649. The highest BCUT2D eigenvalue weighted by Gasteiger charge is 2.11. The lowest BCUT2D eigenvalue weighted by Crippen LogP contribution is -2.13. The number of hydrogen-bond acceptors (Lipinski definition) is 6. The maximum absolute atomic E-state index is 13.3. The van der Waals surface area contributed by atoms with Gasteiger partial charge in [-0.3, -0.25) is 0 Å². The lowest BCUT2D eigenvalue weighted by molar-refractivity contribution is 0.624. The molecule has 0 saturated carbocycles. The van der Waals surface area contributed by atoms with Gasteiger partial charge >= 0.3 is 0 Å². The summed E-state index contributed by atoms with van der Waals surface area (Å²) < 4.78 is 13.3. The van der Waals surface area contributed by atoms with E-state index in [4.69, 9.17) is 11.1 Å². The number of nitriles is 1. The molecule has 1 aromatic heterocycles. The Morgan fingerprint density at radius 1 is 1.33 bits per heavy atom. The number of nitrogen functional groups attached to an aromatic ring is 1. The maximum Gasteiger partial charge on any atom is 0.148 e. The molecular formula is C14H15FN6. The molecule has 6 nitrogen and oxygen atoms in total. The van der Waals surface area contributed by atoms with Crippen LogP contribution in [0.4, 0.5) is 21.7 Å². The third-order valence-corrected chi connectivity index (χ3v) is 2.99. The quantitative estimate of drug-likeness (QED) is 0.589. The topological polar surface area (TPSA) is 99.6 Å². The summed E-state index contributed by atoms with van der Waals surface area (Å²) >= 11 is 0. The smallest absolute Gasteiger partial charge is 0.148 e. The highest BCUT2D eigenvalue weighted by Crippen LogP contribution is 2.24. The van der Waals surface area contributed by atoms with Gasteiger partial charge in [0.05, 0.1) is 5.56 Å². The van der Waals surface area contributed by atoms with Crippen molar-refractivity contribution in [3.05, 3.63) is 41.0 Å². The van der Waals surface area contributed by atoms with Crippen LogP contribution in [0.5, 0.6) is 0 Å². The molecule has 0 unspecified atom stereocenters. The zero-order valence-electron chi connectivity index (χ0n) is 11.7. The molecule has 2 rings (SSSR count). The Balaban J connectivity index is 2.41. The highest BCUT2D eigenvalue weighted by atomic mass is 19.1. The molecule has 0 aliphatic rings. The van der Waals surface area contributed by atoms with E-state index in [2.05, 4.69) is 20.7 Å². The summed E-state index contributed by atoms with van der Waals surface area (Å²) in [5.74, 6) is 6.59. The van der Waals surface area contributed by atoms with E-state index in [0.29, 0.717) is 29.6 Å². The molecular weight excluding hydrogens is 271 g/mol. The van der Waals surface area contributed by atoms with Gasteiger partial charge in [0.2, 0.25) is 0 Å². The molecule has 1 heterocycles. The monoisotopic (exact) mass is 286 g/mol. The molecule has 4 N–H and O–H groups in total. The van der Waals surface area contributed by atoms with Crippen molar-refractivity contribution >= 4 is 17.3 Å². The largest absolute Gasteiger partial charge is 0.340 e. The second-order valence-corrected chi connectivity index (χ2v) is 4.39. The Bertz CT molecular complexity index is 707. The minimum atomic E-state index is -0.555. The highest BCUT2D eigenvalue weighted by molar-refractivity contribution is 5.65. The molecule has 1 aromatic carbocycles. The Kier molecular flexibility index (Phi) is 4.30. The van der Waals surface area contributed by atoms with E-state index in [1.165, 1.54) is 12.1 Å². The summed E-state index contributed by atoms with van der Waals surface area (Å²) in [5.41, 5.74) is 3.80. The number of aromatic nitrogens is 2. The molecule has 0 fully saturated rings. The van der Waals surface area contributed by atoms with Crippen molar-refractivity contribution < 1.29 is 4.39 Å². The number of benzene rings is 1. The van der Waals surface area contributed by atoms with Gasteiger partial charge in [-0.2, -0.15) is 5.26 Å². The molecule has 21 heavy (non-hydrogen) atoms. The number of rotatable bonds is 4. The van der Waals surface area contributed by atoms with Crippen molar-refractivity contribution in [2.24, 2.45) is 5.84 Å². The van der Waals surface area contributed by atoms with Gasteiger partial charge in [-0.1, -0.05) is 6.92 Å². The predicted molar refractivity (Wildman–Crippen MR) is 78.4 cm³/mol. The van der Waals surface area contributed by atoms with Crippen LogP contribution in [0, 0.1) is 24.1 Å². The lowest BCUT2D eigenvalue weighted by Gasteiger charge is -2.13. The van der Waals surface area contributed by atoms with Gasteiger partial charge in [-0.05, 0) is 25.1 Å². The summed E-state index contributed by atoms with van der Waals surface area (Å²) in [4.78, 5) is 8.64. The number of nitrogens with one attached hydrogen (secondary N) is 2. The maximum atomic E-state index is 13.3. The summed E-state index contributed by atoms with van der Waals surface area (Å²) in [5, 5.41) is 11.9. The van der Waals surface area contributed by atoms with Crippen molar-refractivity contribution in [1.82, 2.24) is 9.97 Å². The van der Waals surface area contributed by atoms with E-state index in [-0.39, 0.29) is 5.56 Å². The van der Waals surface area contributed by atoms with Gasteiger partial charge < -0.3 is 10.7 Å². The van der Waals surface area contributed by atoms with Crippen LogP contribution in [-0.2, 0) is 6.42 Å². The molecule has 0 amide bonds. The second-order valence-electron chi connectivity index (χ2n) is 4.39. The second kappa shape index (κ2) is 6.15. The molecule has 0 aliphatic heterocycles. The number of hydrogen-bond donors (Lipinski definition) is 3. The van der Waals surface area contributed by atoms with E-state index in [1.54, 1.807) is 12.1 Å². The minimum Gasteiger partial charge on any atom is -0.340 e. The number of aryl methyl sites for hydroxylation is 1. The number of halogens is 1. The van der Waals surface area contributed by atoms with Crippen molar-refractivity contribution in [3.8, 4) is 6.07 Å². The van der Waals surface area contributed by atoms with Gasteiger partial charge in [-0.25, -0.2) is 20.2 Å². The van der Waals surface area contributed by atoms with Gasteiger partial charge in [0.1, 0.15) is 29.3 Å². The van der Waals surface area contributed by atoms with Crippen LogP contribution in [-0.4, -0.2) is 9.97 Å². The van der Waals surface area contributed by atoms with Crippen LogP contribution >= 0.6 is 0 Å². The lowest BCUT2D eigenvalue weighted by atomic mass is 10.2. The standard InChI is InChI=1S/C14H15FN6/c1-3-12-19-13(8(2)14(20-12)21-17)18-10-4-5-11(15)9(6-10)7-16/h4-6H,3,17H2,1-2H3,(H2,18,19,20,21). The predicted octanol–water partition coefficient (Wildman–Crippen LogP) is 2.39. The fourth-order valence-electron chi connectivity index (χ4n) is 1.81. The zero-order valence-corrected chi connectivity index (χ0v) is 11.7. The number of hydrazine groups is 1. The molecule has 108 valence electrons.